The second-order valence-electron chi connectivity index (χ2n) is 7.78. The Morgan fingerprint density at radius 1 is 1.07 bits per heavy atom. The van der Waals surface area contributed by atoms with E-state index in [1.807, 2.05) is 42.2 Å². The predicted molar refractivity (Wildman–Crippen MR) is 117 cm³/mol. The molecular weight excluding hydrogens is 346 g/mol. The van der Waals surface area contributed by atoms with Crippen LogP contribution in [0.1, 0.15) is 48.9 Å². The van der Waals surface area contributed by atoms with Crippen molar-refractivity contribution in [1.82, 2.24) is 4.90 Å². The molecule has 1 heterocycles. The molecule has 1 amide bonds. The lowest BCUT2D eigenvalue weighted by atomic mass is 9.92. The van der Waals surface area contributed by atoms with Gasteiger partial charge < -0.3 is 10.6 Å². The zero-order valence-corrected chi connectivity index (χ0v) is 17.4. The molecule has 0 aliphatic carbocycles. The predicted octanol–water partition coefficient (Wildman–Crippen LogP) is 4.21. The van der Waals surface area contributed by atoms with Crippen molar-refractivity contribution in [3.05, 3.63) is 65.2 Å². The van der Waals surface area contributed by atoms with Crippen LogP contribution in [0.15, 0.2) is 48.5 Å². The first-order valence-electron chi connectivity index (χ1n) is 10.4. The Morgan fingerprint density at radius 2 is 1.68 bits per heavy atom. The lowest BCUT2D eigenvalue weighted by molar-refractivity contribution is -0.119. The van der Waals surface area contributed by atoms with Gasteiger partial charge >= 0.3 is 0 Å². The van der Waals surface area contributed by atoms with Crippen LogP contribution in [0.3, 0.4) is 0 Å². The van der Waals surface area contributed by atoms with Gasteiger partial charge in [-0.05, 0) is 55.5 Å². The van der Waals surface area contributed by atoms with Crippen LogP contribution >= 0.6 is 0 Å². The largest absolute Gasteiger partial charge is 0.329 e. The summed E-state index contributed by atoms with van der Waals surface area (Å²) in [4.78, 5) is 17.2. The van der Waals surface area contributed by atoms with Gasteiger partial charge in [-0.15, -0.1) is 0 Å². The van der Waals surface area contributed by atoms with E-state index in [2.05, 4.69) is 36.9 Å². The van der Waals surface area contributed by atoms with E-state index < -0.39 is 0 Å². The Balaban J connectivity index is 1.76. The number of benzene rings is 2. The minimum Gasteiger partial charge on any atom is -0.329 e. The normalized spacial score (nSPS) is 16.7. The van der Waals surface area contributed by atoms with Crippen molar-refractivity contribution in [1.29, 1.82) is 0 Å². The van der Waals surface area contributed by atoms with Crippen molar-refractivity contribution in [2.45, 2.75) is 52.1 Å². The van der Waals surface area contributed by atoms with Gasteiger partial charge in [0.1, 0.15) is 0 Å². The van der Waals surface area contributed by atoms with Crippen molar-refractivity contribution in [3.63, 3.8) is 0 Å². The molecule has 1 aliphatic rings. The molecule has 3 rings (SSSR count). The van der Waals surface area contributed by atoms with E-state index >= 15 is 0 Å². The minimum absolute atomic E-state index is 0.203. The third-order valence-electron chi connectivity index (χ3n) is 6.01. The molecule has 0 aromatic heterocycles. The molecule has 1 atom stereocenters. The SMILES string of the molecule is CCC(=O)N(c1ccccc1)C1CCN(C(CN)c2c(C)cccc2C)CC1. The molecule has 0 spiro atoms. The third kappa shape index (κ3) is 4.29. The summed E-state index contributed by atoms with van der Waals surface area (Å²) in [6, 6.07) is 17.1. The number of nitrogens with zero attached hydrogens (tertiary/aromatic N) is 2. The average molecular weight is 380 g/mol. The zero-order valence-electron chi connectivity index (χ0n) is 17.4. The van der Waals surface area contributed by atoms with E-state index in [9.17, 15) is 4.79 Å². The van der Waals surface area contributed by atoms with Crippen molar-refractivity contribution < 1.29 is 4.79 Å². The molecule has 150 valence electrons. The molecule has 0 saturated carbocycles. The summed E-state index contributed by atoms with van der Waals surface area (Å²) in [5.74, 6) is 0.203. The number of hydrogen-bond donors (Lipinski definition) is 1. The van der Waals surface area contributed by atoms with Crippen LogP contribution in [0.25, 0.3) is 0 Å². The molecule has 0 radical (unpaired) electrons. The number of para-hydroxylation sites is 1. The van der Waals surface area contributed by atoms with Crippen LogP contribution in [-0.4, -0.2) is 36.5 Å². The molecule has 1 unspecified atom stereocenters. The van der Waals surface area contributed by atoms with E-state index in [1.165, 1.54) is 16.7 Å². The summed E-state index contributed by atoms with van der Waals surface area (Å²) in [6.07, 6.45) is 2.48. The Hall–Kier alpha value is -2.17. The summed E-state index contributed by atoms with van der Waals surface area (Å²) < 4.78 is 0. The quantitative estimate of drug-likeness (QED) is 0.818. The first-order chi connectivity index (χ1) is 13.6. The van der Waals surface area contributed by atoms with Gasteiger partial charge in [0.15, 0.2) is 0 Å². The van der Waals surface area contributed by atoms with Gasteiger partial charge in [-0.25, -0.2) is 0 Å². The number of piperidine rings is 1. The molecule has 2 aromatic rings. The van der Waals surface area contributed by atoms with Crippen LogP contribution in [0.5, 0.6) is 0 Å². The number of amides is 1. The third-order valence-corrected chi connectivity index (χ3v) is 6.01. The zero-order chi connectivity index (χ0) is 20.1. The minimum atomic E-state index is 0.203. The fraction of sp³-hybridized carbons (Fsp3) is 0.458. The van der Waals surface area contributed by atoms with Gasteiger partial charge in [0.25, 0.3) is 0 Å². The van der Waals surface area contributed by atoms with Crippen molar-refractivity contribution in [3.8, 4) is 0 Å². The average Bonchev–Trinajstić information content (AvgIpc) is 2.72. The Kier molecular flexibility index (Phi) is 6.87. The van der Waals surface area contributed by atoms with Crippen LogP contribution < -0.4 is 10.6 Å². The molecule has 4 heteroatoms. The van der Waals surface area contributed by atoms with E-state index in [0.717, 1.165) is 31.6 Å². The van der Waals surface area contributed by atoms with Crippen molar-refractivity contribution in [2.75, 3.05) is 24.5 Å². The maximum Gasteiger partial charge on any atom is 0.226 e. The van der Waals surface area contributed by atoms with Crippen molar-refractivity contribution >= 4 is 11.6 Å². The molecule has 0 bridgehead atoms. The number of carbonyl (C=O) groups is 1. The smallest absolute Gasteiger partial charge is 0.226 e. The number of rotatable bonds is 6. The highest BCUT2D eigenvalue weighted by atomic mass is 16.2. The summed E-state index contributed by atoms with van der Waals surface area (Å²) in [7, 11) is 0. The van der Waals surface area contributed by atoms with Crippen LogP contribution in [0.2, 0.25) is 0 Å². The molecule has 28 heavy (non-hydrogen) atoms. The van der Waals surface area contributed by atoms with Gasteiger partial charge in [-0.2, -0.15) is 0 Å². The lowest BCUT2D eigenvalue weighted by Crippen LogP contribution is -2.49. The van der Waals surface area contributed by atoms with E-state index in [1.54, 1.807) is 0 Å². The maximum atomic E-state index is 12.7. The summed E-state index contributed by atoms with van der Waals surface area (Å²) in [6.45, 7) is 8.83. The van der Waals surface area contributed by atoms with Gasteiger partial charge in [-0.3, -0.25) is 9.69 Å². The number of anilines is 1. The van der Waals surface area contributed by atoms with Gasteiger partial charge in [0.05, 0.1) is 0 Å². The van der Waals surface area contributed by atoms with Gasteiger partial charge in [0.2, 0.25) is 5.91 Å². The van der Waals surface area contributed by atoms with Crippen LogP contribution in [0.4, 0.5) is 5.69 Å². The first-order valence-corrected chi connectivity index (χ1v) is 10.4. The topological polar surface area (TPSA) is 49.6 Å². The highest BCUT2D eigenvalue weighted by Gasteiger charge is 2.31. The van der Waals surface area contributed by atoms with Gasteiger partial charge in [-0.1, -0.05) is 43.3 Å². The highest BCUT2D eigenvalue weighted by Crippen LogP contribution is 2.31. The fourth-order valence-electron chi connectivity index (χ4n) is 4.58. The maximum absolute atomic E-state index is 12.7. The number of likely N-dealkylation sites (tertiary alicyclic amines) is 1. The molecule has 1 fully saturated rings. The number of carbonyl (C=O) groups excluding carboxylic acids is 1. The van der Waals surface area contributed by atoms with Gasteiger partial charge in [0, 0.05) is 43.8 Å². The molecule has 1 saturated heterocycles. The molecular formula is C24H33N3O. The second-order valence-corrected chi connectivity index (χ2v) is 7.78. The molecule has 4 nitrogen and oxygen atoms in total. The summed E-state index contributed by atoms with van der Waals surface area (Å²) >= 11 is 0. The summed E-state index contributed by atoms with van der Waals surface area (Å²) in [5.41, 5.74) is 11.2. The van der Waals surface area contributed by atoms with Crippen LogP contribution in [-0.2, 0) is 4.79 Å². The number of nitrogens with two attached hydrogens (primary N) is 1. The standard InChI is InChI=1S/C24H33N3O/c1-4-23(28)27(20-11-6-5-7-12-20)21-13-15-26(16-14-21)22(17-25)24-18(2)9-8-10-19(24)3/h5-12,21-22H,4,13-17,25H2,1-3H3. The Morgan fingerprint density at radius 3 is 2.21 bits per heavy atom. The first kappa shape index (κ1) is 20.6. The molecule has 1 aliphatic heterocycles. The molecule has 2 N–H and O–H groups in total. The highest BCUT2D eigenvalue weighted by molar-refractivity contribution is 5.93. The second kappa shape index (κ2) is 9.35. The van der Waals surface area contributed by atoms with E-state index in [-0.39, 0.29) is 18.0 Å². The Bertz CT molecular complexity index is 761. The number of hydrogen-bond acceptors (Lipinski definition) is 3. The number of aryl methyl sites for hydroxylation is 2. The Labute approximate surface area is 169 Å². The fourth-order valence-corrected chi connectivity index (χ4v) is 4.58. The van der Waals surface area contributed by atoms with Crippen LogP contribution in [0, 0.1) is 13.8 Å². The van der Waals surface area contributed by atoms with E-state index in [4.69, 9.17) is 5.73 Å². The lowest BCUT2D eigenvalue weighted by Gasteiger charge is -2.42. The van der Waals surface area contributed by atoms with Crippen molar-refractivity contribution in [2.24, 2.45) is 5.73 Å². The molecule has 2 aromatic carbocycles. The summed E-state index contributed by atoms with van der Waals surface area (Å²) in [5, 5.41) is 0. The monoisotopic (exact) mass is 379 g/mol. The van der Waals surface area contributed by atoms with E-state index in [0.29, 0.717) is 13.0 Å².